The van der Waals surface area contributed by atoms with E-state index in [-0.39, 0.29) is 12.5 Å². The van der Waals surface area contributed by atoms with Crippen LogP contribution in [-0.4, -0.2) is 87.5 Å². The van der Waals surface area contributed by atoms with Crippen LogP contribution < -0.4 is 5.32 Å². The summed E-state index contributed by atoms with van der Waals surface area (Å²) in [6.07, 6.45) is 86.0. The Morgan fingerprint density at radius 2 is 0.698 bits per heavy atom. The molecule has 7 unspecified atom stereocenters. The summed E-state index contributed by atoms with van der Waals surface area (Å²) in [5.74, 6) is -0.186. The first-order chi connectivity index (χ1) is 42.3. The van der Waals surface area contributed by atoms with E-state index in [0.29, 0.717) is 6.42 Å². The Hall–Kier alpha value is -2.37. The molecule has 502 valence electrons. The number of amides is 1. The monoisotopic (exact) mass is 1210 g/mol. The number of nitrogens with one attached hydrogen (secondary N) is 1. The van der Waals surface area contributed by atoms with Gasteiger partial charge in [-0.25, -0.2) is 0 Å². The standard InChI is InChI=1S/C77H141NO8/c1-3-5-7-9-11-13-15-17-19-21-23-25-27-29-31-32-33-34-35-36-37-38-39-40-41-43-45-47-49-51-53-55-57-59-61-63-65-67-73(81)78-70(69-85-77-76(84)75(83)74(82)72(68-79)86-77)71(80)66-64-62-60-58-56-54-52-50-48-46-44-42-30-28-26-24-22-20-18-16-14-12-10-8-6-4-2/h15,17,21,23,27,29,48,50,56,58,64,66,70-72,74-77,79-80,82-84H,3-14,16,18-20,22,24-26,28,30-47,49,51-55,57,59-63,65,67-69H2,1-2H3,(H,78,81)/b17-15-,23-21-,29-27-,50-48+,58-56+,66-64+. The predicted octanol–water partition coefficient (Wildman–Crippen LogP) is 20.7. The first-order valence-electron chi connectivity index (χ1n) is 37.2. The summed E-state index contributed by atoms with van der Waals surface area (Å²) < 4.78 is 11.3. The summed E-state index contributed by atoms with van der Waals surface area (Å²) in [5, 5.41) is 54.8. The van der Waals surface area contributed by atoms with Crippen molar-refractivity contribution in [1.29, 1.82) is 0 Å². The molecule has 0 bridgehead atoms. The van der Waals surface area contributed by atoms with Crippen LogP contribution in [0.25, 0.3) is 0 Å². The fraction of sp³-hybridized carbons (Fsp3) is 0.831. The van der Waals surface area contributed by atoms with Gasteiger partial charge in [0.25, 0.3) is 0 Å². The predicted molar refractivity (Wildman–Crippen MR) is 369 cm³/mol. The highest BCUT2D eigenvalue weighted by Crippen LogP contribution is 2.23. The van der Waals surface area contributed by atoms with Gasteiger partial charge in [-0.1, -0.05) is 337 Å². The molecule has 7 atom stereocenters. The largest absolute Gasteiger partial charge is 0.394 e. The van der Waals surface area contributed by atoms with Gasteiger partial charge >= 0.3 is 0 Å². The third kappa shape index (κ3) is 53.5. The maximum atomic E-state index is 13.1. The molecule has 0 spiro atoms. The van der Waals surface area contributed by atoms with Crippen molar-refractivity contribution in [3.8, 4) is 0 Å². The number of carbonyl (C=O) groups excluding carboxylic acids is 1. The Labute approximate surface area is 531 Å². The van der Waals surface area contributed by atoms with E-state index in [1.165, 1.54) is 276 Å². The molecule has 0 saturated carbocycles. The molecule has 0 aliphatic carbocycles. The van der Waals surface area contributed by atoms with E-state index in [2.05, 4.69) is 79.9 Å². The molecule has 0 aromatic heterocycles. The maximum absolute atomic E-state index is 13.1. The molecule has 86 heavy (non-hydrogen) atoms. The SMILES string of the molecule is CCCCCCC/C=C\C/C=C\C/C=C\CCCCCCCCCCCCCCCCCCCCCCCCC(=O)NC(COC1OC(CO)C(O)C(O)C1O)C(O)/C=C/CC/C=C/CC/C=C/CCCCCCCCCCCCCCCCCC. The number of aliphatic hydroxyl groups excluding tert-OH is 5. The molecule has 1 saturated heterocycles. The van der Waals surface area contributed by atoms with Gasteiger partial charge in [-0.15, -0.1) is 0 Å². The van der Waals surface area contributed by atoms with E-state index < -0.39 is 49.5 Å². The van der Waals surface area contributed by atoms with Crippen LogP contribution in [0.2, 0.25) is 0 Å². The first kappa shape index (κ1) is 81.6. The van der Waals surface area contributed by atoms with Crippen LogP contribution in [-0.2, 0) is 14.3 Å². The average Bonchev–Trinajstić information content (AvgIpc) is 2.44. The summed E-state index contributed by atoms with van der Waals surface area (Å²) in [4.78, 5) is 13.1. The maximum Gasteiger partial charge on any atom is 0.220 e. The highest BCUT2D eigenvalue weighted by Gasteiger charge is 2.44. The molecule has 1 amide bonds. The van der Waals surface area contributed by atoms with E-state index in [9.17, 15) is 30.3 Å². The third-order valence-corrected chi connectivity index (χ3v) is 17.5. The minimum Gasteiger partial charge on any atom is -0.394 e. The molecular formula is C77H141NO8. The van der Waals surface area contributed by atoms with Crippen molar-refractivity contribution in [1.82, 2.24) is 5.32 Å². The topological polar surface area (TPSA) is 149 Å². The van der Waals surface area contributed by atoms with Gasteiger partial charge in [0.2, 0.25) is 5.91 Å². The van der Waals surface area contributed by atoms with Crippen LogP contribution in [0, 0.1) is 0 Å². The number of hydrogen-bond donors (Lipinski definition) is 6. The zero-order valence-electron chi connectivity index (χ0n) is 56.3. The van der Waals surface area contributed by atoms with Crippen molar-refractivity contribution in [3.05, 3.63) is 72.9 Å². The molecule has 0 radical (unpaired) electrons. The van der Waals surface area contributed by atoms with E-state index in [4.69, 9.17) is 9.47 Å². The number of rotatable bonds is 65. The minimum absolute atomic E-state index is 0.186. The van der Waals surface area contributed by atoms with Gasteiger partial charge in [0.05, 0.1) is 25.4 Å². The van der Waals surface area contributed by atoms with Crippen molar-refractivity contribution in [3.63, 3.8) is 0 Å². The Balaban J connectivity index is 2.11. The number of allylic oxidation sites excluding steroid dienone is 11. The number of ether oxygens (including phenoxy) is 2. The zero-order valence-corrected chi connectivity index (χ0v) is 56.3. The van der Waals surface area contributed by atoms with Crippen molar-refractivity contribution in [2.75, 3.05) is 13.2 Å². The minimum atomic E-state index is -1.58. The van der Waals surface area contributed by atoms with Crippen molar-refractivity contribution < 1.29 is 39.8 Å². The lowest BCUT2D eigenvalue weighted by molar-refractivity contribution is -0.302. The normalized spacial score (nSPS) is 18.4. The van der Waals surface area contributed by atoms with Gasteiger partial charge in [-0.3, -0.25) is 4.79 Å². The molecule has 1 aliphatic heterocycles. The molecule has 0 aromatic rings. The molecule has 6 N–H and O–H groups in total. The van der Waals surface area contributed by atoms with Gasteiger partial charge in [0.1, 0.15) is 24.4 Å². The van der Waals surface area contributed by atoms with E-state index in [0.717, 1.165) is 57.8 Å². The fourth-order valence-corrected chi connectivity index (χ4v) is 11.7. The molecule has 0 aromatic carbocycles. The van der Waals surface area contributed by atoms with Crippen LogP contribution in [0.4, 0.5) is 0 Å². The second-order valence-corrected chi connectivity index (χ2v) is 25.7. The van der Waals surface area contributed by atoms with Gasteiger partial charge in [-0.2, -0.15) is 0 Å². The lowest BCUT2D eigenvalue weighted by Crippen LogP contribution is -2.60. The van der Waals surface area contributed by atoms with Crippen LogP contribution >= 0.6 is 0 Å². The summed E-state index contributed by atoms with van der Waals surface area (Å²) in [6.45, 7) is 3.79. The summed E-state index contributed by atoms with van der Waals surface area (Å²) in [6, 6.07) is -0.831. The molecule has 1 rings (SSSR count). The van der Waals surface area contributed by atoms with Crippen LogP contribution in [0.3, 0.4) is 0 Å². The van der Waals surface area contributed by atoms with Gasteiger partial charge in [0, 0.05) is 6.42 Å². The first-order valence-corrected chi connectivity index (χ1v) is 37.2. The molecule has 1 aliphatic rings. The van der Waals surface area contributed by atoms with E-state index in [1.807, 2.05) is 6.08 Å². The Kier molecular flexibility index (Phi) is 62.3. The lowest BCUT2D eigenvalue weighted by Gasteiger charge is -2.40. The quantitative estimate of drug-likeness (QED) is 0.0261. The third-order valence-electron chi connectivity index (χ3n) is 17.5. The second-order valence-electron chi connectivity index (χ2n) is 25.7. The molecular weight excluding hydrogens is 1070 g/mol. The van der Waals surface area contributed by atoms with Crippen LogP contribution in [0.15, 0.2) is 72.9 Å². The highest BCUT2D eigenvalue weighted by molar-refractivity contribution is 5.76. The molecule has 1 heterocycles. The Morgan fingerprint density at radius 3 is 1.06 bits per heavy atom. The molecule has 1 fully saturated rings. The summed E-state index contributed by atoms with van der Waals surface area (Å²) in [5.41, 5.74) is 0. The van der Waals surface area contributed by atoms with Gasteiger partial charge < -0.3 is 40.3 Å². The Morgan fingerprint density at radius 1 is 0.395 bits per heavy atom. The number of unbranched alkanes of at least 4 members (excludes halogenated alkanes) is 45. The number of aliphatic hydroxyl groups is 5. The number of carbonyl (C=O) groups is 1. The van der Waals surface area contributed by atoms with Crippen LogP contribution in [0.5, 0.6) is 0 Å². The fourth-order valence-electron chi connectivity index (χ4n) is 11.7. The lowest BCUT2D eigenvalue weighted by atomic mass is 9.99. The van der Waals surface area contributed by atoms with Crippen LogP contribution in [0.1, 0.15) is 354 Å². The highest BCUT2D eigenvalue weighted by atomic mass is 16.7. The van der Waals surface area contributed by atoms with Gasteiger partial charge in [0.15, 0.2) is 6.29 Å². The summed E-state index contributed by atoms with van der Waals surface area (Å²) >= 11 is 0. The van der Waals surface area contributed by atoms with E-state index >= 15 is 0 Å². The average molecular weight is 1210 g/mol. The van der Waals surface area contributed by atoms with Gasteiger partial charge in [-0.05, 0) is 83.5 Å². The van der Waals surface area contributed by atoms with E-state index in [1.54, 1.807) is 6.08 Å². The Bertz CT molecular complexity index is 1590. The number of hydrogen-bond acceptors (Lipinski definition) is 8. The summed E-state index contributed by atoms with van der Waals surface area (Å²) in [7, 11) is 0. The smallest absolute Gasteiger partial charge is 0.220 e. The zero-order chi connectivity index (χ0) is 62.1. The van der Waals surface area contributed by atoms with Crippen molar-refractivity contribution in [2.45, 2.75) is 397 Å². The molecule has 9 nitrogen and oxygen atoms in total. The van der Waals surface area contributed by atoms with Crippen molar-refractivity contribution >= 4 is 5.91 Å². The van der Waals surface area contributed by atoms with Crippen molar-refractivity contribution in [2.24, 2.45) is 0 Å². The molecule has 9 heteroatoms. The second kappa shape index (κ2) is 65.6.